The number of aromatic amines is 1. The van der Waals surface area contributed by atoms with Gasteiger partial charge in [-0.25, -0.2) is 8.78 Å². The van der Waals surface area contributed by atoms with Gasteiger partial charge in [0.25, 0.3) is 0 Å². The maximum absolute atomic E-state index is 13.8. The molecule has 0 saturated heterocycles. The van der Waals surface area contributed by atoms with Crippen molar-refractivity contribution >= 4 is 5.82 Å². The molecule has 1 fully saturated rings. The smallest absolute Gasteiger partial charge is 0.168 e. The molecule has 4 nitrogen and oxygen atoms in total. The Morgan fingerprint density at radius 3 is 2.74 bits per heavy atom. The number of anilines is 1. The van der Waals surface area contributed by atoms with E-state index in [2.05, 4.69) is 10.2 Å². The molecule has 0 amide bonds. The molecule has 100 valence electrons. The molecule has 0 unspecified atom stereocenters. The summed E-state index contributed by atoms with van der Waals surface area (Å²) >= 11 is 0. The van der Waals surface area contributed by atoms with Crippen LogP contribution in [0, 0.1) is 17.6 Å². The summed E-state index contributed by atoms with van der Waals surface area (Å²) in [5.41, 5.74) is 6.23. The average molecular weight is 265 g/mol. The normalized spacial score (nSPS) is 14.6. The highest BCUT2D eigenvalue weighted by molar-refractivity contribution is 5.69. The Balaban J connectivity index is 1.99. The van der Waals surface area contributed by atoms with E-state index in [1.54, 1.807) is 0 Å². The average Bonchev–Trinajstić information content (AvgIpc) is 3.08. The van der Waals surface area contributed by atoms with E-state index in [0.29, 0.717) is 23.8 Å². The molecular weight excluding hydrogens is 252 g/mol. The number of hydrogen-bond acceptors (Lipinski definition) is 3. The topological polar surface area (TPSA) is 63.9 Å². The van der Waals surface area contributed by atoms with Crippen LogP contribution in [0.1, 0.15) is 12.8 Å². The van der Waals surface area contributed by atoms with Gasteiger partial charge in [0.05, 0.1) is 12.3 Å². The molecule has 1 aliphatic rings. The minimum Gasteiger partial charge on any atom is -0.490 e. The van der Waals surface area contributed by atoms with Gasteiger partial charge >= 0.3 is 0 Å². The molecule has 1 aromatic carbocycles. The lowest BCUT2D eigenvalue weighted by atomic mass is 10.1. The van der Waals surface area contributed by atoms with Crippen LogP contribution in [0.2, 0.25) is 0 Å². The molecule has 1 aliphatic carbocycles. The number of halogens is 2. The van der Waals surface area contributed by atoms with Crippen LogP contribution in [0.4, 0.5) is 14.6 Å². The van der Waals surface area contributed by atoms with E-state index >= 15 is 0 Å². The summed E-state index contributed by atoms with van der Waals surface area (Å²) in [5.74, 6) is -0.614. The quantitative estimate of drug-likeness (QED) is 0.893. The number of nitrogens with one attached hydrogen (secondary N) is 1. The number of nitrogen functional groups attached to an aromatic ring is 1. The van der Waals surface area contributed by atoms with Crippen LogP contribution in [0.25, 0.3) is 11.3 Å². The molecule has 19 heavy (non-hydrogen) atoms. The van der Waals surface area contributed by atoms with Crippen molar-refractivity contribution in [2.24, 2.45) is 5.92 Å². The summed E-state index contributed by atoms with van der Waals surface area (Å²) in [7, 11) is 0. The molecule has 0 atom stereocenters. The number of ether oxygens (including phenoxy) is 1. The van der Waals surface area contributed by atoms with Gasteiger partial charge in [-0.15, -0.1) is 0 Å². The SMILES string of the molecule is Nc1cc(-c2cc(F)cc(F)c2OCC2CC2)[nH]n1. The Labute approximate surface area is 108 Å². The number of benzene rings is 1. The molecule has 3 N–H and O–H groups in total. The van der Waals surface area contributed by atoms with Crippen LogP contribution in [0.3, 0.4) is 0 Å². The highest BCUT2D eigenvalue weighted by Gasteiger charge is 2.24. The fraction of sp³-hybridized carbons (Fsp3) is 0.308. The molecule has 6 heteroatoms. The third-order valence-corrected chi connectivity index (χ3v) is 3.06. The van der Waals surface area contributed by atoms with Crippen molar-refractivity contribution in [2.45, 2.75) is 12.8 Å². The van der Waals surface area contributed by atoms with Crippen molar-refractivity contribution in [2.75, 3.05) is 12.3 Å². The summed E-state index contributed by atoms with van der Waals surface area (Å²) in [6.07, 6.45) is 2.18. The Hall–Kier alpha value is -2.11. The predicted molar refractivity (Wildman–Crippen MR) is 66.6 cm³/mol. The first kappa shape index (κ1) is 12.0. The number of nitrogens with zero attached hydrogens (tertiary/aromatic N) is 1. The van der Waals surface area contributed by atoms with Gasteiger partial charge in [-0.3, -0.25) is 5.10 Å². The van der Waals surface area contributed by atoms with Crippen LogP contribution < -0.4 is 10.5 Å². The van der Waals surface area contributed by atoms with E-state index in [-0.39, 0.29) is 11.6 Å². The fourth-order valence-corrected chi connectivity index (χ4v) is 1.87. The van der Waals surface area contributed by atoms with Crippen molar-refractivity contribution in [3.63, 3.8) is 0 Å². The minimum atomic E-state index is -0.719. The molecule has 0 aliphatic heterocycles. The first-order chi connectivity index (χ1) is 9.13. The van der Waals surface area contributed by atoms with E-state index in [1.807, 2.05) is 0 Å². The first-order valence-corrected chi connectivity index (χ1v) is 6.06. The summed E-state index contributed by atoms with van der Waals surface area (Å²) in [5, 5.41) is 6.38. The van der Waals surface area contributed by atoms with E-state index in [9.17, 15) is 8.78 Å². The van der Waals surface area contributed by atoms with Crippen molar-refractivity contribution in [1.82, 2.24) is 10.2 Å². The maximum Gasteiger partial charge on any atom is 0.168 e. The highest BCUT2D eigenvalue weighted by Crippen LogP contribution is 2.35. The zero-order valence-corrected chi connectivity index (χ0v) is 10.1. The van der Waals surface area contributed by atoms with Crippen LogP contribution in [0.5, 0.6) is 5.75 Å². The molecule has 0 bridgehead atoms. The largest absolute Gasteiger partial charge is 0.490 e. The highest BCUT2D eigenvalue weighted by atomic mass is 19.1. The van der Waals surface area contributed by atoms with Gasteiger partial charge in [-0.1, -0.05) is 0 Å². The van der Waals surface area contributed by atoms with Gasteiger partial charge in [0.15, 0.2) is 11.6 Å². The fourth-order valence-electron chi connectivity index (χ4n) is 1.87. The van der Waals surface area contributed by atoms with Crippen LogP contribution in [0.15, 0.2) is 18.2 Å². The van der Waals surface area contributed by atoms with Gasteiger partial charge < -0.3 is 10.5 Å². The summed E-state index contributed by atoms with van der Waals surface area (Å²) in [6.45, 7) is 0.444. The second-order valence-electron chi connectivity index (χ2n) is 4.73. The molecular formula is C13H13F2N3O. The molecule has 0 radical (unpaired) electrons. The van der Waals surface area contributed by atoms with Crippen molar-refractivity contribution in [1.29, 1.82) is 0 Å². The minimum absolute atomic E-state index is 0.0388. The monoisotopic (exact) mass is 265 g/mol. The summed E-state index contributed by atoms with van der Waals surface area (Å²) in [6, 6.07) is 3.53. The first-order valence-electron chi connectivity index (χ1n) is 6.06. The molecule has 3 rings (SSSR count). The number of H-pyrrole nitrogens is 1. The lowest BCUT2D eigenvalue weighted by Crippen LogP contribution is -2.03. The number of aromatic nitrogens is 2. The molecule has 1 aromatic heterocycles. The van der Waals surface area contributed by atoms with Crippen LogP contribution in [-0.2, 0) is 0 Å². The predicted octanol–water partition coefficient (Wildman–Crippen LogP) is 2.73. The van der Waals surface area contributed by atoms with Gasteiger partial charge in [-0.2, -0.15) is 5.10 Å². The van der Waals surface area contributed by atoms with Crippen LogP contribution in [-0.4, -0.2) is 16.8 Å². The van der Waals surface area contributed by atoms with Crippen molar-refractivity contribution in [3.05, 3.63) is 29.8 Å². The van der Waals surface area contributed by atoms with E-state index in [4.69, 9.17) is 10.5 Å². The van der Waals surface area contributed by atoms with Crippen molar-refractivity contribution in [3.8, 4) is 17.0 Å². The number of hydrogen-bond donors (Lipinski definition) is 2. The summed E-state index contributed by atoms with van der Waals surface area (Å²) in [4.78, 5) is 0. The molecule has 0 spiro atoms. The molecule has 1 saturated carbocycles. The lowest BCUT2D eigenvalue weighted by Gasteiger charge is -2.11. The number of rotatable bonds is 4. The summed E-state index contributed by atoms with van der Waals surface area (Å²) < 4.78 is 32.7. The maximum atomic E-state index is 13.8. The van der Waals surface area contributed by atoms with E-state index < -0.39 is 11.6 Å². The third kappa shape index (κ3) is 2.52. The standard InChI is InChI=1S/C13H13F2N3O/c14-8-3-9(11-5-12(16)18-17-11)13(10(15)4-8)19-6-7-1-2-7/h3-5,7H,1-2,6H2,(H3,16,17,18). The third-order valence-electron chi connectivity index (χ3n) is 3.06. The van der Waals surface area contributed by atoms with E-state index in [0.717, 1.165) is 18.9 Å². The molecule has 1 heterocycles. The second-order valence-corrected chi connectivity index (χ2v) is 4.73. The Morgan fingerprint density at radius 1 is 1.32 bits per heavy atom. The zero-order valence-electron chi connectivity index (χ0n) is 10.1. The van der Waals surface area contributed by atoms with Crippen LogP contribution >= 0.6 is 0 Å². The van der Waals surface area contributed by atoms with Gasteiger partial charge in [0.1, 0.15) is 11.6 Å². The van der Waals surface area contributed by atoms with Gasteiger partial charge in [0, 0.05) is 17.7 Å². The zero-order chi connectivity index (χ0) is 13.4. The Kier molecular flexibility index (Phi) is 2.85. The Morgan fingerprint density at radius 2 is 2.11 bits per heavy atom. The van der Waals surface area contributed by atoms with Crippen molar-refractivity contribution < 1.29 is 13.5 Å². The lowest BCUT2D eigenvalue weighted by molar-refractivity contribution is 0.286. The number of nitrogens with two attached hydrogens (primary N) is 1. The Bertz CT molecular complexity index is 608. The second kappa shape index (κ2) is 4.53. The van der Waals surface area contributed by atoms with Gasteiger partial charge in [0.2, 0.25) is 0 Å². The molecule has 2 aromatic rings. The van der Waals surface area contributed by atoms with E-state index in [1.165, 1.54) is 12.1 Å². The van der Waals surface area contributed by atoms with Gasteiger partial charge in [-0.05, 0) is 24.8 Å².